The van der Waals surface area contributed by atoms with Crippen molar-refractivity contribution < 1.29 is 9.90 Å². The predicted molar refractivity (Wildman–Crippen MR) is 156 cm³/mol. The maximum absolute atomic E-state index is 13.6. The van der Waals surface area contributed by atoms with Crippen molar-refractivity contribution in [1.82, 2.24) is 0 Å². The number of fused-ring (bicyclic) bond motifs is 5. The Morgan fingerprint density at radius 3 is 2.05 bits per heavy atom. The molecular weight excluding hydrogens is 464 g/mol. The monoisotopic (exact) mass is 486 g/mol. The van der Waals surface area contributed by atoms with Crippen LogP contribution in [0.1, 0.15) is 46.0 Å². The molecule has 3 aliphatic carbocycles. The van der Waals surface area contributed by atoms with Crippen LogP contribution in [-0.2, 0) is 0 Å². The van der Waals surface area contributed by atoms with Crippen LogP contribution >= 0.6 is 0 Å². The zero-order valence-electron chi connectivity index (χ0n) is 20.6. The van der Waals surface area contributed by atoms with Gasteiger partial charge < -0.3 is 5.11 Å². The van der Waals surface area contributed by atoms with Crippen molar-refractivity contribution in [3.8, 4) is 11.1 Å². The SMILES string of the molecule is O=C1c2ccccc2-c2ccc3c4ccc5c6c(ccc(c7ccc1c2c37)c64)C(O)CC1=C5CC=CC=C1. The summed E-state index contributed by atoms with van der Waals surface area (Å²) in [5.41, 5.74) is 8.44. The van der Waals surface area contributed by atoms with Gasteiger partial charge >= 0.3 is 0 Å². The average molecular weight is 487 g/mol. The van der Waals surface area contributed by atoms with Gasteiger partial charge in [0, 0.05) is 22.9 Å². The van der Waals surface area contributed by atoms with Crippen molar-refractivity contribution in [3.63, 3.8) is 0 Å². The molecule has 0 radical (unpaired) electrons. The van der Waals surface area contributed by atoms with E-state index in [4.69, 9.17) is 0 Å². The summed E-state index contributed by atoms with van der Waals surface area (Å²) in [5, 5.41) is 20.7. The van der Waals surface area contributed by atoms with E-state index in [1.54, 1.807) is 0 Å². The van der Waals surface area contributed by atoms with E-state index < -0.39 is 6.10 Å². The molecule has 0 aliphatic heterocycles. The summed E-state index contributed by atoms with van der Waals surface area (Å²) in [4.78, 5) is 13.6. The highest BCUT2D eigenvalue weighted by Gasteiger charge is 2.29. The Morgan fingerprint density at radius 1 is 0.605 bits per heavy atom. The Kier molecular flexibility index (Phi) is 3.81. The van der Waals surface area contributed by atoms with Gasteiger partial charge in [0.05, 0.1) is 6.10 Å². The third-order valence-electron chi connectivity index (χ3n) is 8.99. The van der Waals surface area contributed by atoms with Crippen molar-refractivity contribution in [3.05, 3.63) is 125 Å². The van der Waals surface area contributed by atoms with Gasteiger partial charge in [0.2, 0.25) is 0 Å². The number of ketones is 1. The minimum atomic E-state index is -0.556. The minimum absolute atomic E-state index is 0.0985. The molecule has 0 saturated heterocycles. The molecule has 178 valence electrons. The van der Waals surface area contributed by atoms with Gasteiger partial charge in [-0.3, -0.25) is 4.79 Å². The lowest BCUT2D eigenvalue weighted by atomic mass is 9.78. The Balaban J connectivity index is 1.49. The van der Waals surface area contributed by atoms with E-state index in [9.17, 15) is 9.90 Å². The first-order valence-electron chi connectivity index (χ1n) is 13.3. The van der Waals surface area contributed by atoms with Crippen LogP contribution in [0.4, 0.5) is 0 Å². The lowest BCUT2D eigenvalue weighted by Crippen LogP contribution is -2.10. The van der Waals surface area contributed by atoms with E-state index in [-0.39, 0.29) is 5.78 Å². The summed E-state index contributed by atoms with van der Waals surface area (Å²) in [6, 6.07) is 25.4. The molecule has 38 heavy (non-hydrogen) atoms. The molecule has 2 heteroatoms. The van der Waals surface area contributed by atoms with Gasteiger partial charge in [-0.1, -0.05) is 91.0 Å². The highest BCUT2D eigenvalue weighted by atomic mass is 16.3. The third-order valence-corrected chi connectivity index (χ3v) is 8.99. The second-order valence-electron chi connectivity index (χ2n) is 10.8. The molecule has 1 atom stereocenters. The van der Waals surface area contributed by atoms with E-state index in [0.717, 1.165) is 55.8 Å². The molecule has 0 bridgehead atoms. The minimum Gasteiger partial charge on any atom is -0.388 e. The van der Waals surface area contributed by atoms with Crippen molar-refractivity contribution in [1.29, 1.82) is 0 Å². The Labute approximate surface area is 219 Å². The first-order chi connectivity index (χ1) is 18.7. The van der Waals surface area contributed by atoms with Gasteiger partial charge in [0.1, 0.15) is 0 Å². The van der Waals surface area contributed by atoms with Crippen molar-refractivity contribution in [2.45, 2.75) is 18.9 Å². The summed E-state index contributed by atoms with van der Waals surface area (Å²) in [6.07, 6.45) is 9.47. The second kappa shape index (κ2) is 7.06. The highest BCUT2D eigenvalue weighted by molar-refractivity contribution is 6.39. The van der Waals surface area contributed by atoms with Crippen molar-refractivity contribution in [2.24, 2.45) is 0 Å². The number of hydrogen-bond acceptors (Lipinski definition) is 2. The zero-order chi connectivity index (χ0) is 25.1. The van der Waals surface area contributed by atoms with Gasteiger partial charge in [-0.05, 0) is 83.6 Å². The first-order valence-corrected chi connectivity index (χ1v) is 13.3. The van der Waals surface area contributed by atoms with Gasteiger partial charge in [-0.25, -0.2) is 0 Å². The fourth-order valence-corrected chi connectivity index (χ4v) is 7.38. The number of aliphatic hydroxyl groups is 1. The summed E-state index contributed by atoms with van der Waals surface area (Å²) in [6.45, 7) is 0. The fraction of sp³-hybridized carbons (Fsp3) is 0.0833. The van der Waals surface area contributed by atoms with E-state index in [2.05, 4.69) is 72.8 Å². The molecule has 3 aliphatic rings. The molecule has 6 aromatic rings. The zero-order valence-corrected chi connectivity index (χ0v) is 20.6. The molecule has 1 N–H and O–H groups in total. The largest absolute Gasteiger partial charge is 0.388 e. The van der Waals surface area contributed by atoms with E-state index in [1.807, 2.05) is 24.3 Å². The first kappa shape index (κ1) is 20.5. The Bertz CT molecular complexity index is 2130. The molecule has 0 amide bonds. The third kappa shape index (κ3) is 2.39. The molecule has 0 heterocycles. The number of hydrogen-bond donors (Lipinski definition) is 1. The molecule has 0 saturated carbocycles. The maximum Gasteiger partial charge on any atom is 0.194 e. The Hall–Kier alpha value is -4.53. The van der Waals surface area contributed by atoms with Crippen molar-refractivity contribution in [2.75, 3.05) is 0 Å². The standard InChI is InChI=1S/C36H22O2/c37-31-18-19-6-2-1-3-7-20(19)22-10-12-24-25-13-11-23-21-8-4-5-9-28(21)36(38)30-17-15-27(33(25)35(23)30)26-14-16-29(31)34(22)32(24)26/h1-6,8-17,31,37H,7,18H2. The smallest absolute Gasteiger partial charge is 0.194 e. The average Bonchev–Trinajstić information content (AvgIpc) is 3.25. The summed E-state index contributed by atoms with van der Waals surface area (Å²) >= 11 is 0. The summed E-state index contributed by atoms with van der Waals surface area (Å²) in [5.74, 6) is 0.0985. The molecule has 0 fully saturated rings. The summed E-state index contributed by atoms with van der Waals surface area (Å²) in [7, 11) is 0. The highest BCUT2D eigenvalue weighted by Crippen LogP contribution is 2.50. The number of rotatable bonds is 0. The molecular formula is C36H22O2. The van der Waals surface area contributed by atoms with E-state index in [0.29, 0.717) is 6.42 Å². The van der Waals surface area contributed by atoms with Crippen LogP contribution in [-0.4, -0.2) is 10.9 Å². The van der Waals surface area contributed by atoms with Crippen LogP contribution in [0, 0.1) is 0 Å². The lowest BCUT2D eigenvalue weighted by Gasteiger charge is -2.24. The van der Waals surface area contributed by atoms with Gasteiger partial charge in [0.25, 0.3) is 0 Å². The molecule has 0 aromatic heterocycles. The van der Waals surface area contributed by atoms with Crippen LogP contribution < -0.4 is 0 Å². The van der Waals surface area contributed by atoms with Crippen LogP contribution in [0.3, 0.4) is 0 Å². The van der Waals surface area contributed by atoms with Crippen LogP contribution in [0.2, 0.25) is 0 Å². The van der Waals surface area contributed by atoms with E-state index in [1.165, 1.54) is 38.3 Å². The molecule has 9 rings (SSSR count). The van der Waals surface area contributed by atoms with E-state index >= 15 is 0 Å². The number of carbonyl (C=O) groups excluding carboxylic acids is 1. The quantitative estimate of drug-likeness (QED) is 0.172. The van der Waals surface area contributed by atoms with Crippen LogP contribution in [0.15, 0.2) is 103 Å². The van der Waals surface area contributed by atoms with Gasteiger partial charge in [0.15, 0.2) is 5.78 Å². The van der Waals surface area contributed by atoms with Gasteiger partial charge in [-0.15, -0.1) is 0 Å². The normalized spacial score (nSPS) is 17.9. The van der Waals surface area contributed by atoms with Gasteiger partial charge in [-0.2, -0.15) is 0 Å². The lowest BCUT2D eigenvalue weighted by molar-refractivity contribution is 0.104. The number of benzene rings is 6. The topological polar surface area (TPSA) is 37.3 Å². The predicted octanol–water partition coefficient (Wildman–Crippen LogP) is 8.66. The molecule has 0 spiro atoms. The molecule has 6 aromatic carbocycles. The van der Waals surface area contributed by atoms with Crippen LogP contribution in [0.25, 0.3) is 59.8 Å². The van der Waals surface area contributed by atoms with Crippen LogP contribution in [0.5, 0.6) is 0 Å². The number of aliphatic hydroxyl groups excluding tert-OH is 1. The second-order valence-corrected chi connectivity index (χ2v) is 10.8. The molecule has 1 unspecified atom stereocenters. The number of allylic oxidation sites excluding steroid dienone is 5. The fourth-order valence-electron chi connectivity index (χ4n) is 7.38. The Morgan fingerprint density at radius 2 is 1.26 bits per heavy atom. The summed E-state index contributed by atoms with van der Waals surface area (Å²) < 4.78 is 0. The molecule has 2 nitrogen and oxygen atoms in total. The maximum atomic E-state index is 13.6. The van der Waals surface area contributed by atoms with Crippen molar-refractivity contribution >= 4 is 54.4 Å². The number of carbonyl (C=O) groups is 1.